The largest absolute Gasteiger partial charge is 0.376 e. The number of benzene rings is 2. The molecule has 0 saturated carbocycles. The first-order valence-corrected chi connectivity index (χ1v) is 13.3. The van der Waals surface area contributed by atoms with E-state index >= 15 is 0 Å². The fraction of sp³-hybridized carbons (Fsp3) is 0.379. The maximum atomic E-state index is 13.5. The van der Waals surface area contributed by atoms with E-state index in [4.69, 9.17) is 9.73 Å². The molecule has 1 amide bonds. The molecule has 0 aliphatic carbocycles. The zero-order chi connectivity index (χ0) is 24.6. The number of para-hydroxylation sites is 1. The number of amides is 1. The molecule has 5 nitrogen and oxygen atoms in total. The number of carbonyl (C=O) groups is 1. The quantitative estimate of drug-likeness (QED) is 0.452. The van der Waals surface area contributed by atoms with Crippen molar-refractivity contribution in [2.45, 2.75) is 52.2 Å². The molecule has 1 unspecified atom stereocenters. The van der Waals surface area contributed by atoms with Gasteiger partial charge in [-0.2, -0.15) is 0 Å². The van der Waals surface area contributed by atoms with Crippen LogP contribution in [0.2, 0.25) is 0 Å². The molecule has 0 aromatic heterocycles. The highest BCUT2D eigenvalue weighted by Gasteiger charge is 2.36. The summed E-state index contributed by atoms with van der Waals surface area (Å²) in [5.41, 5.74) is 5.60. The lowest BCUT2D eigenvalue weighted by atomic mass is 9.88. The molecule has 3 aliphatic heterocycles. The summed E-state index contributed by atoms with van der Waals surface area (Å²) in [5.74, 6) is 0.00137. The van der Waals surface area contributed by atoms with Crippen LogP contribution in [0.15, 0.2) is 64.5 Å². The second kappa shape index (κ2) is 9.67. The number of hydrogen-bond donors (Lipinski definition) is 0. The molecular weight excluding hydrogens is 454 g/mol. The zero-order valence-electron chi connectivity index (χ0n) is 21.0. The monoisotopic (exact) mass is 487 g/mol. The molecule has 0 spiro atoms. The van der Waals surface area contributed by atoms with E-state index in [1.807, 2.05) is 36.4 Å². The van der Waals surface area contributed by atoms with Gasteiger partial charge >= 0.3 is 0 Å². The van der Waals surface area contributed by atoms with E-state index in [1.165, 1.54) is 28.6 Å². The summed E-state index contributed by atoms with van der Waals surface area (Å²) in [7, 11) is 0. The number of ether oxygens (including phenoxy) is 1. The Labute approximate surface area is 212 Å². The molecule has 2 fully saturated rings. The Morgan fingerprint density at radius 3 is 2.71 bits per heavy atom. The SMILES string of the molecule is CCN1c2ccc(/C=C3/SC(=Nc4ccccc4)N(CC4CCCO4)C3=O)cc2C(C)=CC1(C)C. The fourth-order valence-electron chi connectivity index (χ4n) is 5.28. The lowest BCUT2D eigenvalue weighted by Crippen LogP contribution is -2.44. The molecule has 1 atom stereocenters. The van der Waals surface area contributed by atoms with Crippen LogP contribution in [-0.2, 0) is 9.53 Å². The lowest BCUT2D eigenvalue weighted by molar-refractivity contribution is -0.123. The van der Waals surface area contributed by atoms with Gasteiger partial charge in [-0.3, -0.25) is 9.69 Å². The highest BCUT2D eigenvalue weighted by molar-refractivity contribution is 8.18. The summed E-state index contributed by atoms with van der Waals surface area (Å²) in [6.07, 6.45) is 6.43. The van der Waals surface area contributed by atoms with Crippen molar-refractivity contribution in [1.82, 2.24) is 4.90 Å². The molecule has 0 N–H and O–H groups in total. The third-order valence-corrected chi connectivity index (χ3v) is 7.90. The number of aliphatic imine (C=N–C) groups is 1. The molecule has 0 bridgehead atoms. The van der Waals surface area contributed by atoms with Crippen LogP contribution in [0.1, 0.15) is 51.7 Å². The minimum Gasteiger partial charge on any atom is -0.376 e. The van der Waals surface area contributed by atoms with Crippen molar-refractivity contribution in [3.05, 3.63) is 70.6 Å². The second-order valence-corrected chi connectivity index (χ2v) is 10.9. The van der Waals surface area contributed by atoms with Gasteiger partial charge in [0.2, 0.25) is 0 Å². The standard InChI is InChI=1S/C29H33N3O2S/c1-5-32-25-14-13-21(16-24(25)20(2)18-29(32,3)4)17-26-27(33)31(19-23-12-9-15-34-23)28(35-26)30-22-10-7-6-8-11-22/h6-8,10-11,13-14,16-18,23H,5,9,12,15,19H2,1-4H3/b26-17+,30-28?. The molecule has 3 aliphatic rings. The third-order valence-electron chi connectivity index (χ3n) is 6.89. The first kappa shape index (κ1) is 23.9. The first-order valence-electron chi connectivity index (χ1n) is 12.4. The van der Waals surface area contributed by atoms with Gasteiger partial charge in [0.05, 0.1) is 28.8 Å². The van der Waals surface area contributed by atoms with Gasteiger partial charge in [0, 0.05) is 24.4 Å². The summed E-state index contributed by atoms with van der Waals surface area (Å²) in [6.45, 7) is 11.1. The van der Waals surface area contributed by atoms with Crippen molar-refractivity contribution >= 4 is 45.9 Å². The molecule has 2 aromatic carbocycles. The minimum absolute atomic E-state index is 0.00137. The Morgan fingerprint density at radius 1 is 1.20 bits per heavy atom. The van der Waals surface area contributed by atoms with Crippen molar-refractivity contribution in [1.29, 1.82) is 0 Å². The van der Waals surface area contributed by atoms with E-state index < -0.39 is 0 Å². The normalized spacial score (nSPS) is 23.8. The molecule has 2 saturated heterocycles. The van der Waals surface area contributed by atoms with E-state index in [2.05, 4.69) is 56.9 Å². The smallest absolute Gasteiger partial charge is 0.266 e. The minimum atomic E-state index is -0.0191. The molecule has 35 heavy (non-hydrogen) atoms. The van der Waals surface area contributed by atoms with Crippen LogP contribution in [0.3, 0.4) is 0 Å². The number of nitrogens with zero attached hydrogens (tertiary/aromatic N) is 3. The highest BCUT2D eigenvalue weighted by atomic mass is 32.2. The molecular formula is C29H33N3O2S. The number of hydrogen-bond acceptors (Lipinski definition) is 5. The van der Waals surface area contributed by atoms with Gasteiger partial charge in [-0.15, -0.1) is 0 Å². The van der Waals surface area contributed by atoms with Gasteiger partial charge in [0.1, 0.15) is 0 Å². The van der Waals surface area contributed by atoms with Crippen molar-refractivity contribution < 1.29 is 9.53 Å². The average Bonchev–Trinajstić information content (AvgIpc) is 3.44. The van der Waals surface area contributed by atoms with Gasteiger partial charge < -0.3 is 9.64 Å². The summed E-state index contributed by atoms with van der Waals surface area (Å²) in [6, 6.07) is 16.3. The predicted molar refractivity (Wildman–Crippen MR) is 147 cm³/mol. The molecule has 0 radical (unpaired) electrons. The molecule has 2 aromatic rings. The van der Waals surface area contributed by atoms with Crippen LogP contribution >= 0.6 is 11.8 Å². The maximum absolute atomic E-state index is 13.5. The molecule has 6 heteroatoms. The summed E-state index contributed by atoms with van der Waals surface area (Å²) in [5, 5.41) is 0.718. The van der Waals surface area contributed by atoms with E-state index in [0.717, 1.165) is 42.4 Å². The van der Waals surface area contributed by atoms with Crippen LogP contribution in [-0.4, -0.2) is 47.3 Å². The van der Waals surface area contributed by atoms with Crippen LogP contribution in [0.5, 0.6) is 0 Å². The number of thioether (sulfide) groups is 1. The summed E-state index contributed by atoms with van der Waals surface area (Å²) >= 11 is 1.45. The van der Waals surface area contributed by atoms with Crippen molar-refractivity contribution in [3.63, 3.8) is 0 Å². The number of amidine groups is 1. The Bertz CT molecular complexity index is 1210. The van der Waals surface area contributed by atoms with Gasteiger partial charge in [0.15, 0.2) is 5.17 Å². The number of fused-ring (bicyclic) bond motifs is 1. The van der Waals surface area contributed by atoms with Gasteiger partial charge in [0.25, 0.3) is 5.91 Å². The third kappa shape index (κ3) is 4.82. The first-order chi connectivity index (χ1) is 16.9. The number of anilines is 1. The summed E-state index contributed by atoms with van der Waals surface area (Å²) < 4.78 is 5.84. The lowest BCUT2D eigenvalue weighted by Gasteiger charge is -2.42. The van der Waals surface area contributed by atoms with Crippen molar-refractivity contribution in [2.75, 3.05) is 24.6 Å². The molecule has 182 valence electrons. The number of carbonyl (C=O) groups excluding carboxylic acids is 1. The predicted octanol–water partition coefficient (Wildman–Crippen LogP) is 6.49. The topological polar surface area (TPSA) is 45.1 Å². The number of likely N-dealkylation sites (N-methyl/N-ethyl adjacent to an activating group) is 1. The maximum Gasteiger partial charge on any atom is 0.266 e. The second-order valence-electron chi connectivity index (χ2n) is 9.89. The van der Waals surface area contributed by atoms with E-state index in [0.29, 0.717) is 11.4 Å². The Balaban J connectivity index is 1.48. The molecule has 3 heterocycles. The Kier molecular flexibility index (Phi) is 6.60. The van der Waals surface area contributed by atoms with Gasteiger partial charge in [-0.05, 0) is 93.8 Å². The van der Waals surface area contributed by atoms with E-state index in [9.17, 15) is 4.79 Å². The number of rotatable bonds is 5. The zero-order valence-corrected chi connectivity index (χ0v) is 21.8. The van der Waals surface area contributed by atoms with Crippen molar-refractivity contribution in [3.8, 4) is 0 Å². The van der Waals surface area contributed by atoms with Crippen LogP contribution in [0, 0.1) is 0 Å². The van der Waals surface area contributed by atoms with Gasteiger partial charge in [-0.1, -0.05) is 30.3 Å². The van der Waals surface area contributed by atoms with Gasteiger partial charge in [-0.25, -0.2) is 4.99 Å². The highest BCUT2D eigenvalue weighted by Crippen LogP contribution is 2.40. The summed E-state index contributed by atoms with van der Waals surface area (Å²) in [4.78, 5) is 23.3. The Morgan fingerprint density at radius 2 is 2.00 bits per heavy atom. The van der Waals surface area contributed by atoms with Crippen LogP contribution in [0.25, 0.3) is 11.6 Å². The van der Waals surface area contributed by atoms with Crippen LogP contribution in [0.4, 0.5) is 11.4 Å². The average molecular weight is 488 g/mol. The van der Waals surface area contributed by atoms with Crippen LogP contribution < -0.4 is 4.90 Å². The Hall–Kier alpha value is -2.83. The number of allylic oxidation sites excluding steroid dienone is 1. The molecule has 5 rings (SSSR count). The van der Waals surface area contributed by atoms with E-state index in [-0.39, 0.29) is 17.6 Å². The van der Waals surface area contributed by atoms with E-state index in [1.54, 1.807) is 4.90 Å². The van der Waals surface area contributed by atoms with Crippen molar-refractivity contribution in [2.24, 2.45) is 4.99 Å². The fourth-order valence-corrected chi connectivity index (χ4v) is 6.29.